The van der Waals surface area contributed by atoms with Crippen LogP contribution in [-0.4, -0.2) is 37.6 Å². The molecule has 0 saturated carbocycles. The maximum Gasteiger partial charge on any atom is 0.252 e. The Morgan fingerprint density at radius 3 is 2.66 bits per heavy atom. The molecule has 7 nitrogen and oxygen atoms in total. The molecule has 4 heterocycles. The van der Waals surface area contributed by atoms with Gasteiger partial charge in [0.15, 0.2) is 0 Å². The number of fused-ring (bicyclic) bond motifs is 1. The van der Waals surface area contributed by atoms with Gasteiger partial charge in [-0.15, -0.1) is 0 Å². The molecule has 0 radical (unpaired) electrons. The molecule has 7 heteroatoms. The SMILES string of the molecule is Cc1ccc(-n2c(C3CCN(c4cc(=O)[nH]cn4)CC3)nc3ccncc32)cc1. The molecular weight excluding hydrogens is 364 g/mol. The summed E-state index contributed by atoms with van der Waals surface area (Å²) < 4.78 is 2.24. The van der Waals surface area contributed by atoms with Crippen LogP contribution in [0.5, 0.6) is 0 Å². The zero-order valence-corrected chi connectivity index (χ0v) is 16.2. The van der Waals surface area contributed by atoms with Crippen molar-refractivity contribution >= 4 is 16.9 Å². The number of aryl methyl sites for hydroxylation is 1. The van der Waals surface area contributed by atoms with Crippen LogP contribution in [0.3, 0.4) is 0 Å². The molecule has 1 aromatic carbocycles. The highest BCUT2D eigenvalue weighted by molar-refractivity contribution is 5.77. The number of aromatic amines is 1. The molecule has 1 fully saturated rings. The van der Waals surface area contributed by atoms with Crippen LogP contribution < -0.4 is 10.5 Å². The molecule has 4 aromatic rings. The smallest absolute Gasteiger partial charge is 0.252 e. The lowest BCUT2D eigenvalue weighted by molar-refractivity contribution is 0.480. The van der Waals surface area contributed by atoms with Gasteiger partial charge in [-0.2, -0.15) is 0 Å². The number of nitrogens with one attached hydrogen (secondary N) is 1. The van der Waals surface area contributed by atoms with E-state index in [0.29, 0.717) is 5.92 Å². The first-order chi connectivity index (χ1) is 14.2. The molecule has 1 aliphatic heterocycles. The van der Waals surface area contributed by atoms with E-state index in [4.69, 9.17) is 4.98 Å². The zero-order chi connectivity index (χ0) is 19.8. The molecule has 3 aromatic heterocycles. The fourth-order valence-electron chi connectivity index (χ4n) is 4.08. The van der Waals surface area contributed by atoms with E-state index >= 15 is 0 Å². The summed E-state index contributed by atoms with van der Waals surface area (Å²) in [5.41, 5.74) is 4.22. The van der Waals surface area contributed by atoms with Gasteiger partial charge in [0, 0.05) is 37.0 Å². The highest BCUT2D eigenvalue weighted by Gasteiger charge is 2.27. The second kappa shape index (κ2) is 7.16. The number of imidazole rings is 1. The van der Waals surface area contributed by atoms with Gasteiger partial charge in [0.1, 0.15) is 11.6 Å². The van der Waals surface area contributed by atoms with Crippen molar-refractivity contribution in [2.45, 2.75) is 25.7 Å². The van der Waals surface area contributed by atoms with E-state index < -0.39 is 0 Å². The van der Waals surface area contributed by atoms with Gasteiger partial charge >= 0.3 is 0 Å². The second-order valence-electron chi connectivity index (χ2n) is 7.54. The first-order valence-corrected chi connectivity index (χ1v) is 9.88. The Morgan fingerprint density at radius 2 is 1.90 bits per heavy atom. The van der Waals surface area contributed by atoms with E-state index in [1.807, 2.05) is 12.3 Å². The summed E-state index contributed by atoms with van der Waals surface area (Å²) in [7, 11) is 0. The Balaban J connectivity index is 1.49. The number of benzene rings is 1. The highest BCUT2D eigenvalue weighted by Crippen LogP contribution is 2.33. The largest absolute Gasteiger partial charge is 0.356 e. The molecule has 0 bridgehead atoms. The second-order valence-corrected chi connectivity index (χ2v) is 7.54. The number of pyridine rings is 1. The molecule has 1 N–H and O–H groups in total. The van der Waals surface area contributed by atoms with Crippen LogP contribution in [0, 0.1) is 6.92 Å². The van der Waals surface area contributed by atoms with Crippen LogP contribution in [0.1, 0.15) is 30.1 Å². The molecule has 1 aliphatic rings. The maximum absolute atomic E-state index is 11.6. The van der Waals surface area contributed by atoms with Crippen LogP contribution in [0.25, 0.3) is 16.7 Å². The molecule has 0 spiro atoms. The Hall–Kier alpha value is -3.48. The normalized spacial score (nSPS) is 15.1. The number of hydrogen-bond donors (Lipinski definition) is 1. The lowest BCUT2D eigenvalue weighted by Crippen LogP contribution is -2.34. The molecule has 146 valence electrons. The van der Waals surface area contributed by atoms with Crippen LogP contribution in [0.4, 0.5) is 5.82 Å². The average Bonchev–Trinajstić information content (AvgIpc) is 3.14. The predicted octanol–water partition coefficient (Wildman–Crippen LogP) is 3.20. The quantitative estimate of drug-likeness (QED) is 0.585. The van der Waals surface area contributed by atoms with Gasteiger partial charge < -0.3 is 9.88 Å². The van der Waals surface area contributed by atoms with Crippen LogP contribution in [-0.2, 0) is 0 Å². The van der Waals surface area contributed by atoms with Crippen molar-refractivity contribution in [2.75, 3.05) is 18.0 Å². The van der Waals surface area contributed by atoms with Gasteiger partial charge in [0.2, 0.25) is 0 Å². The molecule has 5 rings (SSSR count). The fourth-order valence-corrected chi connectivity index (χ4v) is 4.08. The molecule has 0 unspecified atom stereocenters. The molecule has 0 amide bonds. The molecular formula is C22H22N6O. The number of H-pyrrole nitrogens is 1. The molecule has 29 heavy (non-hydrogen) atoms. The van der Waals surface area contributed by atoms with Crippen LogP contribution in [0.2, 0.25) is 0 Å². The van der Waals surface area contributed by atoms with Gasteiger partial charge in [0.05, 0.1) is 23.6 Å². The number of hydrogen-bond acceptors (Lipinski definition) is 5. The minimum Gasteiger partial charge on any atom is -0.356 e. The first kappa shape index (κ1) is 17.6. The van der Waals surface area contributed by atoms with Crippen molar-refractivity contribution in [3.63, 3.8) is 0 Å². The number of anilines is 1. The number of piperidine rings is 1. The minimum absolute atomic E-state index is 0.120. The minimum atomic E-state index is -0.120. The van der Waals surface area contributed by atoms with E-state index in [2.05, 4.69) is 55.6 Å². The Morgan fingerprint density at radius 1 is 1.10 bits per heavy atom. The van der Waals surface area contributed by atoms with Gasteiger partial charge in [0.25, 0.3) is 5.56 Å². The Kier molecular flexibility index (Phi) is 4.35. The summed E-state index contributed by atoms with van der Waals surface area (Å²) >= 11 is 0. The third kappa shape index (κ3) is 3.29. The monoisotopic (exact) mass is 386 g/mol. The summed E-state index contributed by atoms with van der Waals surface area (Å²) in [4.78, 5) is 30.0. The van der Waals surface area contributed by atoms with E-state index in [-0.39, 0.29) is 5.56 Å². The highest BCUT2D eigenvalue weighted by atomic mass is 16.1. The summed E-state index contributed by atoms with van der Waals surface area (Å²) in [6.07, 6.45) is 7.06. The average molecular weight is 386 g/mol. The predicted molar refractivity (Wildman–Crippen MR) is 113 cm³/mol. The van der Waals surface area contributed by atoms with E-state index in [1.54, 1.807) is 12.3 Å². The third-order valence-corrected chi connectivity index (χ3v) is 5.62. The summed E-state index contributed by atoms with van der Waals surface area (Å²) in [5, 5.41) is 0. The van der Waals surface area contributed by atoms with Gasteiger partial charge in [-0.1, -0.05) is 17.7 Å². The lowest BCUT2D eigenvalue weighted by Gasteiger charge is -2.32. The Labute approximate surface area is 168 Å². The lowest BCUT2D eigenvalue weighted by atomic mass is 9.95. The number of aromatic nitrogens is 5. The maximum atomic E-state index is 11.6. The molecule has 0 atom stereocenters. The molecule has 1 saturated heterocycles. The van der Waals surface area contributed by atoms with Crippen LogP contribution >= 0.6 is 0 Å². The van der Waals surface area contributed by atoms with Gasteiger partial charge in [-0.25, -0.2) is 9.97 Å². The third-order valence-electron chi connectivity index (χ3n) is 5.62. The summed E-state index contributed by atoms with van der Waals surface area (Å²) in [6, 6.07) is 12.1. The van der Waals surface area contributed by atoms with E-state index in [0.717, 1.165) is 54.3 Å². The number of rotatable bonds is 3. The summed E-state index contributed by atoms with van der Waals surface area (Å²) in [5.74, 6) is 2.15. The van der Waals surface area contributed by atoms with Crippen molar-refractivity contribution in [2.24, 2.45) is 0 Å². The first-order valence-electron chi connectivity index (χ1n) is 9.88. The van der Waals surface area contributed by atoms with E-state index in [9.17, 15) is 4.79 Å². The molecule has 0 aliphatic carbocycles. The number of nitrogens with zero attached hydrogens (tertiary/aromatic N) is 5. The van der Waals surface area contributed by atoms with Crippen molar-refractivity contribution < 1.29 is 0 Å². The fraction of sp³-hybridized carbons (Fsp3) is 0.273. The van der Waals surface area contributed by atoms with Gasteiger partial charge in [-0.3, -0.25) is 14.3 Å². The Bertz CT molecular complexity index is 1200. The van der Waals surface area contributed by atoms with Crippen molar-refractivity contribution in [1.82, 2.24) is 24.5 Å². The topological polar surface area (TPSA) is 79.7 Å². The van der Waals surface area contributed by atoms with E-state index in [1.165, 1.54) is 11.9 Å². The van der Waals surface area contributed by atoms with Crippen molar-refractivity contribution in [3.05, 3.63) is 76.9 Å². The van der Waals surface area contributed by atoms with Crippen molar-refractivity contribution in [3.8, 4) is 5.69 Å². The van der Waals surface area contributed by atoms with Crippen molar-refractivity contribution in [1.29, 1.82) is 0 Å². The zero-order valence-electron chi connectivity index (χ0n) is 16.2. The van der Waals surface area contributed by atoms with Gasteiger partial charge in [-0.05, 0) is 38.0 Å². The standard InChI is InChI=1S/C22H22N6O/c1-15-2-4-17(5-3-15)28-19-13-23-9-6-18(19)26-22(28)16-7-10-27(11-8-16)20-12-21(29)25-14-24-20/h2-6,9,12-14,16H,7-8,10-11H2,1H3,(H,24,25,29). The summed E-state index contributed by atoms with van der Waals surface area (Å²) in [6.45, 7) is 3.78. The van der Waals surface area contributed by atoms with Crippen LogP contribution in [0.15, 0.2) is 59.9 Å².